The summed E-state index contributed by atoms with van der Waals surface area (Å²) in [6.45, 7) is 16.2. The number of nitrogens with one attached hydrogen (secondary N) is 2. The molecule has 0 bridgehead atoms. The third-order valence-corrected chi connectivity index (χ3v) is 8.71. The molecule has 0 spiro atoms. The predicted molar refractivity (Wildman–Crippen MR) is 152 cm³/mol. The van der Waals surface area contributed by atoms with Gasteiger partial charge in [0, 0.05) is 45.2 Å². The second kappa shape index (κ2) is 18.3. The van der Waals surface area contributed by atoms with Crippen LogP contribution in [0.2, 0.25) is 0 Å². The molecule has 0 aliphatic heterocycles. The van der Waals surface area contributed by atoms with Crippen molar-refractivity contribution in [3.63, 3.8) is 0 Å². The summed E-state index contributed by atoms with van der Waals surface area (Å²) in [6, 6.07) is 1.27. The first-order valence-electron chi connectivity index (χ1n) is 12.6. The zero-order valence-corrected chi connectivity index (χ0v) is 25.9. The van der Waals surface area contributed by atoms with E-state index < -0.39 is 39.5 Å². The van der Waals surface area contributed by atoms with E-state index in [4.69, 9.17) is 29.6 Å². The highest BCUT2D eigenvalue weighted by atomic mass is 31.2. The van der Waals surface area contributed by atoms with Crippen molar-refractivity contribution in [3.05, 3.63) is 56.4 Å². The second-order valence-electron chi connectivity index (χ2n) is 9.08. The van der Waals surface area contributed by atoms with Crippen molar-refractivity contribution in [2.75, 3.05) is 53.8 Å². The van der Waals surface area contributed by atoms with Crippen LogP contribution in [0.3, 0.4) is 0 Å². The Balaban J connectivity index is 3.35. The number of aromatic amines is 1. The molecule has 2 unspecified atom stereocenters. The molecule has 1 aromatic heterocycles. The van der Waals surface area contributed by atoms with Crippen molar-refractivity contribution in [1.82, 2.24) is 19.5 Å². The third-order valence-electron chi connectivity index (χ3n) is 5.20. The molecule has 4 atom stereocenters. The second-order valence-corrected chi connectivity index (χ2v) is 13.0. The number of carbonyl (C=O) groups is 1. The van der Waals surface area contributed by atoms with E-state index in [2.05, 4.69) is 15.1 Å². The molecule has 16 heteroatoms. The molecule has 1 rings (SSSR count). The Morgan fingerprint density at radius 1 is 1.25 bits per heavy atom. The first kappa shape index (κ1) is 35.8. The summed E-state index contributed by atoms with van der Waals surface area (Å²) >= 11 is 0. The van der Waals surface area contributed by atoms with Gasteiger partial charge in [0.25, 0.3) is 14.1 Å². The molecule has 1 amide bonds. The highest BCUT2D eigenvalue weighted by Gasteiger charge is 2.29. The molecule has 1 heterocycles. The normalized spacial score (nSPS) is 15.7. The van der Waals surface area contributed by atoms with Gasteiger partial charge in [-0.3, -0.25) is 23.7 Å². The zero-order chi connectivity index (χ0) is 30.3. The number of nitrogens with zero attached hydrogens (tertiary/aromatic N) is 3. The van der Waals surface area contributed by atoms with Crippen molar-refractivity contribution in [2.45, 2.75) is 52.1 Å². The summed E-state index contributed by atoms with van der Waals surface area (Å²) in [5.74, 6) is 0.980. The largest absolute Gasteiger partial charge is 0.367 e. The molecule has 2 N–H and O–H groups in total. The number of rotatable bonds is 19. The van der Waals surface area contributed by atoms with Gasteiger partial charge in [0.2, 0.25) is 19.8 Å². The van der Waals surface area contributed by atoms with Crippen molar-refractivity contribution in [1.29, 1.82) is 0 Å². The summed E-state index contributed by atoms with van der Waals surface area (Å²) in [5, 5.41) is 2.43. The number of hydrogen-bond acceptors (Lipinski definition) is 10. The van der Waals surface area contributed by atoms with Crippen LogP contribution >= 0.6 is 15.9 Å². The summed E-state index contributed by atoms with van der Waals surface area (Å²) in [5.41, 5.74) is -1.35. The standard InChI is InChI=1S/C24H41N5O9P2/c1-18(2)29(19(3)4)39(36-13-11-25-5)37-15-20(10-14-40(8,33)34-7)38-23(17-35-16-22(31)26-6)28-12-9-21(30)27-24(28)32/h9-10,12,14,18-20,23H,11,13,15-17H2,1-4,6-8H3,(H,26,31)(H,27,30,32)/b14-10+/t20-,23-,39?,40?/m1/s1. The van der Waals surface area contributed by atoms with Crippen LogP contribution in [0, 0.1) is 6.57 Å². The number of H-pyrrole nitrogens is 1. The molecular formula is C24H41N5O9P2. The molecule has 0 aromatic carbocycles. The van der Waals surface area contributed by atoms with Crippen LogP contribution in [-0.2, 0) is 32.4 Å². The van der Waals surface area contributed by atoms with Crippen molar-refractivity contribution < 1.29 is 32.4 Å². The van der Waals surface area contributed by atoms with Crippen LogP contribution < -0.4 is 16.6 Å². The van der Waals surface area contributed by atoms with Crippen LogP contribution in [0.15, 0.2) is 33.7 Å². The fourth-order valence-corrected chi connectivity index (χ4v) is 5.50. The van der Waals surface area contributed by atoms with Gasteiger partial charge >= 0.3 is 5.69 Å². The van der Waals surface area contributed by atoms with Gasteiger partial charge in [-0.2, -0.15) is 0 Å². The monoisotopic (exact) mass is 605 g/mol. The molecule has 0 saturated heterocycles. The van der Waals surface area contributed by atoms with Crippen LogP contribution in [0.4, 0.5) is 0 Å². The Bertz CT molecular complexity index is 1140. The van der Waals surface area contributed by atoms with Crippen LogP contribution in [0.5, 0.6) is 0 Å². The molecule has 0 saturated carbocycles. The quantitative estimate of drug-likeness (QED) is 0.137. The minimum absolute atomic E-state index is 0.0592. The smallest absolute Gasteiger partial charge is 0.330 e. The minimum atomic E-state index is -3.10. The van der Waals surface area contributed by atoms with E-state index in [1.54, 1.807) is 0 Å². The Hall–Kier alpha value is -2.20. The number of hydrogen-bond donors (Lipinski definition) is 2. The summed E-state index contributed by atoms with van der Waals surface area (Å²) in [4.78, 5) is 41.4. The van der Waals surface area contributed by atoms with Gasteiger partial charge in [-0.15, -0.1) is 0 Å². The molecular weight excluding hydrogens is 564 g/mol. The first-order chi connectivity index (χ1) is 18.8. The van der Waals surface area contributed by atoms with E-state index in [9.17, 15) is 18.9 Å². The van der Waals surface area contributed by atoms with Crippen molar-refractivity contribution >= 4 is 21.8 Å². The maximum absolute atomic E-state index is 12.6. The summed E-state index contributed by atoms with van der Waals surface area (Å²) in [7, 11) is -1.95. The molecule has 40 heavy (non-hydrogen) atoms. The Kier molecular flexibility index (Phi) is 16.4. The summed E-state index contributed by atoms with van der Waals surface area (Å²) < 4.78 is 44.6. The first-order valence-corrected chi connectivity index (χ1v) is 15.9. The average molecular weight is 606 g/mol. The van der Waals surface area contributed by atoms with Gasteiger partial charge in [0.05, 0.1) is 13.2 Å². The molecule has 0 aliphatic carbocycles. The molecule has 0 fully saturated rings. The number of likely N-dealkylation sites (N-methyl/N-ethyl adjacent to an activating group) is 1. The SMILES string of the molecule is [C-]#[N+]CCOP(OC[C@@H](/C=C/P(C)(=O)OC)O[C@H](COCC(=O)NC)n1ccc(=O)[nH]c1=O)N(C(C)C)C(C)C. The minimum Gasteiger partial charge on any atom is -0.367 e. The molecule has 0 aliphatic rings. The van der Waals surface area contributed by atoms with Gasteiger partial charge in [0.15, 0.2) is 6.23 Å². The van der Waals surface area contributed by atoms with Gasteiger partial charge in [0.1, 0.15) is 19.3 Å². The lowest BCUT2D eigenvalue weighted by atomic mass is 10.3. The highest BCUT2D eigenvalue weighted by Crippen LogP contribution is 2.46. The lowest BCUT2D eigenvalue weighted by molar-refractivity contribution is -0.130. The summed E-state index contributed by atoms with van der Waals surface area (Å²) in [6.07, 6.45) is 0.739. The number of aromatic nitrogens is 2. The van der Waals surface area contributed by atoms with Crippen LogP contribution in [0.1, 0.15) is 33.9 Å². The van der Waals surface area contributed by atoms with Gasteiger partial charge < -0.3 is 33.2 Å². The fourth-order valence-electron chi connectivity index (χ4n) is 3.26. The van der Waals surface area contributed by atoms with Crippen LogP contribution in [0.25, 0.3) is 4.85 Å². The molecule has 226 valence electrons. The maximum Gasteiger partial charge on any atom is 0.330 e. The van der Waals surface area contributed by atoms with Crippen molar-refractivity contribution in [3.8, 4) is 0 Å². The number of amides is 1. The van der Waals surface area contributed by atoms with E-state index >= 15 is 0 Å². The Morgan fingerprint density at radius 3 is 2.48 bits per heavy atom. The molecule has 1 aromatic rings. The number of carbonyl (C=O) groups excluding carboxylic acids is 1. The maximum atomic E-state index is 12.6. The van der Waals surface area contributed by atoms with E-state index in [-0.39, 0.29) is 51.0 Å². The topological polar surface area (TPSA) is 155 Å². The van der Waals surface area contributed by atoms with E-state index in [1.807, 2.05) is 32.4 Å². The molecule has 0 radical (unpaired) electrons. The Labute approximate surface area is 236 Å². The van der Waals surface area contributed by atoms with Crippen molar-refractivity contribution in [2.24, 2.45) is 0 Å². The fraction of sp³-hybridized carbons (Fsp3) is 0.667. The Morgan fingerprint density at radius 2 is 1.93 bits per heavy atom. The van der Waals surface area contributed by atoms with Gasteiger partial charge in [-0.05, 0) is 39.6 Å². The van der Waals surface area contributed by atoms with Crippen LogP contribution in [-0.4, -0.2) is 92.1 Å². The van der Waals surface area contributed by atoms with E-state index in [0.717, 1.165) is 10.6 Å². The predicted octanol–water partition coefficient (Wildman–Crippen LogP) is 2.55. The lowest BCUT2D eigenvalue weighted by Gasteiger charge is -2.36. The molecule has 14 nitrogen and oxygen atoms in total. The lowest BCUT2D eigenvalue weighted by Crippen LogP contribution is -2.38. The third kappa shape index (κ3) is 13.0. The zero-order valence-electron chi connectivity index (χ0n) is 24.1. The van der Waals surface area contributed by atoms with E-state index in [0.29, 0.717) is 0 Å². The highest BCUT2D eigenvalue weighted by molar-refractivity contribution is 7.61. The van der Waals surface area contributed by atoms with Gasteiger partial charge in [-0.1, -0.05) is 0 Å². The average Bonchev–Trinajstić information content (AvgIpc) is 2.88. The van der Waals surface area contributed by atoms with E-state index in [1.165, 1.54) is 38.9 Å². The van der Waals surface area contributed by atoms with Gasteiger partial charge in [-0.25, -0.2) is 16.0 Å². The number of ether oxygens (including phenoxy) is 2.